The zero-order valence-corrected chi connectivity index (χ0v) is 10.5. The van der Waals surface area contributed by atoms with Crippen LogP contribution in [0.5, 0.6) is 0 Å². The van der Waals surface area contributed by atoms with Crippen molar-refractivity contribution in [1.29, 1.82) is 5.26 Å². The van der Waals surface area contributed by atoms with Crippen LogP contribution in [0.1, 0.15) is 30.0 Å². The molecule has 0 N–H and O–H groups in total. The molecule has 0 bridgehead atoms. The summed E-state index contributed by atoms with van der Waals surface area (Å²) in [5, 5.41) is 8.61. The number of hydrogen-bond donors (Lipinski definition) is 0. The van der Waals surface area contributed by atoms with Crippen LogP contribution in [0, 0.1) is 23.2 Å². The number of esters is 1. The van der Waals surface area contributed by atoms with Gasteiger partial charge in [0, 0.05) is 5.56 Å². The number of benzene rings is 1. The highest BCUT2D eigenvalue weighted by Gasteiger charge is 2.33. The Kier molecular flexibility index (Phi) is 5.16. The van der Waals surface area contributed by atoms with Gasteiger partial charge in [-0.25, -0.2) is 0 Å². The summed E-state index contributed by atoms with van der Waals surface area (Å²) in [7, 11) is 0. The molecular formula is C14H10F3NO2. The van der Waals surface area contributed by atoms with Gasteiger partial charge in [-0.2, -0.15) is 18.4 Å². The van der Waals surface area contributed by atoms with Crippen LogP contribution in [0.4, 0.5) is 13.2 Å². The van der Waals surface area contributed by atoms with Gasteiger partial charge in [0.05, 0.1) is 23.8 Å². The molecule has 1 aromatic rings. The van der Waals surface area contributed by atoms with Gasteiger partial charge in [0.25, 0.3) is 0 Å². The maximum Gasteiger partial charge on any atom is 0.417 e. The lowest BCUT2D eigenvalue weighted by molar-refractivity contribution is -0.141. The zero-order chi connectivity index (χ0) is 15.2. The molecule has 0 saturated carbocycles. The fraction of sp³-hybridized carbons (Fsp3) is 0.286. The topological polar surface area (TPSA) is 50.1 Å². The Bertz CT molecular complexity index is 604. The average molecular weight is 281 g/mol. The van der Waals surface area contributed by atoms with Gasteiger partial charge in [0.15, 0.2) is 0 Å². The Hall–Kier alpha value is -2.47. The lowest BCUT2D eigenvalue weighted by atomic mass is 10.0. The Morgan fingerprint density at radius 2 is 2.10 bits per heavy atom. The van der Waals surface area contributed by atoms with Crippen molar-refractivity contribution >= 4 is 5.97 Å². The monoisotopic (exact) mass is 281 g/mol. The second-order valence-electron chi connectivity index (χ2n) is 3.65. The molecule has 20 heavy (non-hydrogen) atoms. The van der Waals surface area contributed by atoms with Crippen LogP contribution in [-0.2, 0) is 15.7 Å². The predicted molar refractivity (Wildman–Crippen MR) is 64.3 cm³/mol. The quantitative estimate of drug-likeness (QED) is 0.618. The van der Waals surface area contributed by atoms with Gasteiger partial charge >= 0.3 is 12.1 Å². The highest BCUT2D eigenvalue weighted by Crippen LogP contribution is 2.32. The number of hydrogen-bond acceptors (Lipinski definition) is 3. The fourth-order valence-electron chi connectivity index (χ4n) is 1.38. The van der Waals surface area contributed by atoms with E-state index in [1.165, 1.54) is 6.07 Å². The van der Waals surface area contributed by atoms with Gasteiger partial charge in [-0.05, 0) is 25.1 Å². The molecule has 0 amide bonds. The first-order chi connectivity index (χ1) is 9.38. The number of nitrogens with zero attached hydrogens (tertiary/aromatic N) is 1. The van der Waals surface area contributed by atoms with Gasteiger partial charge in [0.1, 0.15) is 6.42 Å². The van der Waals surface area contributed by atoms with E-state index in [0.29, 0.717) is 0 Å². The van der Waals surface area contributed by atoms with Gasteiger partial charge in [-0.3, -0.25) is 4.79 Å². The van der Waals surface area contributed by atoms with Crippen LogP contribution < -0.4 is 0 Å². The molecule has 0 unspecified atom stereocenters. The van der Waals surface area contributed by atoms with Crippen LogP contribution in [0.15, 0.2) is 18.2 Å². The third-order valence-electron chi connectivity index (χ3n) is 2.22. The van der Waals surface area contributed by atoms with Crippen LogP contribution >= 0.6 is 0 Å². The molecule has 6 heteroatoms. The lowest BCUT2D eigenvalue weighted by Gasteiger charge is -2.09. The summed E-state index contributed by atoms with van der Waals surface area (Å²) < 4.78 is 43.0. The SMILES string of the molecule is CCOC(=O)CC#Cc1ccc(C#N)cc1C(F)(F)F. The van der Waals surface area contributed by atoms with Crippen molar-refractivity contribution in [3.05, 3.63) is 34.9 Å². The second kappa shape index (κ2) is 6.63. The molecule has 1 aromatic carbocycles. The Balaban J connectivity index is 3.05. The Morgan fingerprint density at radius 3 is 2.65 bits per heavy atom. The lowest BCUT2D eigenvalue weighted by Crippen LogP contribution is -2.08. The van der Waals surface area contributed by atoms with Crippen molar-refractivity contribution in [3.63, 3.8) is 0 Å². The fourth-order valence-corrected chi connectivity index (χ4v) is 1.38. The van der Waals surface area contributed by atoms with E-state index < -0.39 is 17.7 Å². The van der Waals surface area contributed by atoms with E-state index in [1.807, 2.05) is 0 Å². The van der Waals surface area contributed by atoms with Gasteiger partial charge in [-0.15, -0.1) is 0 Å². The Labute approximate surface area is 114 Å². The second-order valence-corrected chi connectivity index (χ2v) is 3.65. The van der Waals surface area contributed by atoms with Crippen LogP contribution in [0.25, 0.3) is 0 Å². The zero-order valence-electron chi connectivity index (χ0n) is 10.5. The number of ether oxygens (including phenoxy) is 1. The highest BCUT2D eigenvalue weighted by atomic mass is 19.4. The van der Waals surface area contributed by atoms with E-state index in [-0.39, 0.29) is 24.2 Å². The smallest absolute Gasteiger partial charge is 0.417 e. The number of nitriles is 1. The molecule has 0 fully saturated rings. The molecule has 0 aliphatic carbocycles. The molecule has 0 saturated heterocycles. The molecule has 0 spiro atoms. The van der Waals surface area contributed by atoms with E-state index in [2.05, 4.69) is 16.6 Å². The summed E-state index contributed by atoms with van der Waals surface area (Å²) in [4.78, 5) is 11.0. The van der Waals surface area contributed by atoms with E-state index in [9.17, 15) is 18.0 Å². The predicted octanol–water partition coefficient (Wildman–Crippen LogP) is 2.88. The maximum atomic E-state index is 12.8. The number of halogens is 3. The molecule has 0 heterocycles. The van der Waals surface area contributed by atoms with Gasteiger partial charge in [0.2, 0.25) is 0 Å². The van der Waals surface area contributed by atoms with Crippen molar-refractivity contribution in [2.45, 2.75) is 19.5 Å². The molecule has 104 valence electrons. The first-order valence-electron chi connectivity index (χ1n) is 5.64. The van der Waals surface area contributed by atoms with Crippen molar-refractivity contribution in [1.82, 2.24) is 0 Å². The van der Waals surface area contributed by atoms with Crippen molar-refractivity contribution in [3.8, 4) is 17.9 Å². The summed E-state index contributed by atoms with van der Waals surface area (Å²) >= 11 is 0. The van der Waals surface area contributed by atoms with Gasteiger partial charge < -0.3 is 4.74 Å². The largest absolute Gasteiger partial charge is 0.465 e. The maximum absolute atomic E-state index is 12.8. The van der Waals surface area contributed by atoms with E-state index in [1.54, 1.807) is 13.0 Å². The van der Waals surface area contributed by atoms with Crippen molar-refractivity contribution < 1.29 is 22.7 Å². The summed E-state index contributed by atoms with van der Waals surface area (Å²) in [6, 6.07) is 4.72. The van der Waals surface area contributed by atoms with Gasteiger partial charge in [-0.1, -0.05) is 11.8 Å². The summed E-state index contributed by atoms with van der Waals surface area (Å²) in [6.45, 7) is 1.80. The standard InChI is InChI=1S/C14H10F3NO2/c1-2-20-13(19)5-3-4-11-7-6-10(9-18)8-12(11)14(15,16)17/h6-8H,2,5H2,1H3. The van der Waals surface area contributed by atoms with Crippen LogP contribution in [-0.4, -0.2) is 12.6 Å². The van der Waals surface area contributed by atoms with E-state index in [4.69, 9.17) is 5.26 Å². The molecule has 1 rings (SSSR count). The number of rotatable bonds is 2. The number of alkyl halides is 3. The van der Waals surface area contributed by atoms with E-state index >= 15 is 0 Å². The summed E-state index contributed by atoms with van der Waals surface area (Å²) in [5.41, 5.74) is -1.37. The van der Waals surface area contributed by atoms with Crippen LogP contribution in [0.2, 0.25) is 0 Å². The molecule has 0 atom stereocenters. The number of carbonyl (C=O) groups is 1. The molecule has 0 radical (unpaired) electrons. The molecule has 3 nitrogen and oxygen atoms in total. The van der Waals surface area contributed by atoms with Crippen LogP contribution in [0.3, 0.4) is 0 Å². The average Bonchev–Trinajstić information content (AvgIpc) is 2.38. The van der Waals surface area contributed by atoms with E-state index in [0.717, 1.165) is 12.1 Å². The minimum atomic E-state index is -4.61. The third kappa shape index (κ3) is 4.33. The first-order valence-corrected chi connectivity index (χ1v) is 5.64. The van der Waals surface area contributed by atoms with Crippen molar-refractivity contribution in [2.24, 2.45) is 0 Å². The van der Waals surface area contributed by atoms with Crippen molar-refractivity contribution in [2.75, 3.05) is 6.61 Å². The normalized spacial score (nSPS) is 10.2. The minimum Gasteiger partial charge on any atom is -0.465 e. The molecule has 0 aliphatic heterocycles. The Morgan fingerprint density at radius 1 is 1.40 bits per heavy atom. The minimum absolute atomic E-state index is 0.103. The summed E-state index contributed by atoms with van der Waals surface area (Å²) in [5.74, 6) is 4.01. The third-order valence-corrected chi connectivity index (χ3v) is 2.22. The first kappa shape index (κ1) is 15.6. The number of carbonyl (C=O) groups excluding carboxylic acids is 1. The molecule has 0 aromatic heterocycles. The molecular weight excluding hydrogens is 271 g/mol. The highest BCUT2D eigenvalue weighted by molar-refractivity contribution is 5.72. The molecule has 0 aliphatic rings. The summed E-state index contributed by atoms with van der Waals surface area (Å²) in [6.07, 6.45) is -4.90.